The van der Waals surface area contributed by atoms with E-state index in [1.54, 1.807) is 13.2 Å². The Balaban J connectivity index is 1.77. The van der Waals surface area contributed by atoms with Gasteiger partial charge in [0.05, 0.1) is 7.11 Å². The molecule has 0 aliphatic heterocycles. The summed E-state index contributed by atoms with van der Waals surface area (Å²) in [5, 5.41) is 2.93. The molecule has 3 heteroatoms. The number of rotatable bonds is 7. The van der Waals surface area contributed by atoms with Crippen molar-refractivity contribution in [1.29, 1.82) is 0 Å². The van der Waals surface area contributed by atoms with Crippen LogP contribution in [-0.4, -0.2) is 19.6 Å². The molecule has 2 rings (SSSR count). The van der Waals surface area contributed by atoms with Crippen molar-refractivity contribution in [3.63, 3.8) is 0 Å². The van der Waals surface area contributed by atoms with E-state index < -0.39 is 0 Å². The van der Waals surface area contributed by atoms with Gasteiger partial charge < -0.3 is 10.1 Å². The third-order valence-corrected chi connectivity index (χ3v) is 4.32. The lowest BCUT2D eigenvalue weighted by atomic mass is 9.87. The Morgan fingerprint density at radius 2 is 1.77 bits per heavy atom. The van der Waals surface area contributed by atoms with Crippen molar-refractivity contribution >= 4 is 12.0 Å². The van der Waals surface area contributed by atoms with Gasteiger partial charge in [-0.05, 0) is 47.1 Å². The largest absolute Gasteiger partial charge is 0.496 e. The number of hydrogen-bond acceptors (Lipinski definition) is 2. The molecule has 0 atom stereocenters. The maximum Gasteiger partial charge on any atom is 0.243 e. The number of carbonyl (C=O) groups excluding carboxylic acids is 1. The summed E-state index contributed by atoms with van der Waals surface area (Å²) in [7, 11) is 1.68. The van der Waals surface area contributed by atoms with Crippen LogP contribution in [0.25, 0.3) is 6.08 Å². The molecule has 0 fully saturated rings. The summed E-state index contributed by atoms with van der Waals surface area (Å²) in [6, 6.07) is 16.3. The Bertz CT molecular complexity index is 740. The lowest BCUT2D eigenvalue weighted by molar-refractivity contribution is -0.116. The summed E-state index contributed by atoms with van der Waals surface area (Å²) in [5.41, 5.74) is 3.62. The number of benzene rings is 2. The Morgan fingerprint density at radius 3 is 2.42 bits per heavy atom. The molecule has 2 aromatic carbocycles. The van der Waals surface area contributed by atoms with Crippen molar-refractivity contribution < 1.29 is 9.53 Å². The summed E-state index contributed by atoms with van der Waals surface area (Å²) in [6.07, 6.45) is 5.19. The first-order chi connectivity index (χ1) is 12.4. The number of para-hydroxylation sites is 1. The predicted octanol–water partition coefficient (Wildman–Crippen LogP) is 4.75. The normalized spacial score (nSPS) is 11.5. The summed E-state index contributed by atoms with van der Waals surface area (Å²) >= 11 is 0. The lowest BCUT2D eigenvalue weighted by Gasteiger charge is -2.18. The van der Waals surface area contributed by atoms with Crippen LogP contribution >= 0.6 is 0 Å². The lowest BCUT2D eigenvalue weighted by Crippen LogP contribution is -2.22. The number of carbonyl (C=O) groups is 1. The molecule has 0 saturated heterocycles. The van der Waals surface area contributed by atoms with Crippen LogP contribution in [-0.2, 0) is 16.6 Å². The summed E-state index contributed by atoms with van der Waals surface area (Å²) in [6.45, 7) is 7.22. The van der Waals surface area contributed by atoms with Gasteiger partial charge in [0.15, 0.2) is 0 Å². The average molecular weight is 351 g/mol. The van der Waals surface area contributed by atoms with Crippen molar-refractivity contribution in [3.05, 3.63) is 71.3 Å². The van der Waals surface area contributed by atoms with E-state index in [-0.39, 0.29) is 11.3 Å². The fraction of sp³-hybridized carbons (Fsp3) is 0.348. The number of aryl methyl sites for hydroxylation is 1. The van der Waals surface area contributed by atoms with Gasteiger partial charge in [-0.3, -0.25) is 4.79 Å². The van der Waals surface area contributed by atoms with E-state index in [1.807, 2.05) is 36.4 Å². The zero-order valence-electron chi connectivity index (χ0n) is 16.2. The number of hydrogen-bond donors (Lipinski definition) is 1. The van der Waals surface area contributed by atoms with E-state index in [9.17, 15) is 4.79 Å². The minimum atomic E-state index is -0.0649. The predicted molar refractivity (Wildman–Crippen MR) is 109 cm³/mol. The van der Waals surface area contributed by atoms with Gasteiger partial charge in [0, 0.05) is 12.6 Å². The highest BCUT2D eigenvalue weighted by Crippen LogP contribution is 2.22. The summed E-state index contributed by atoms with van der Waals surface area (Å²) in [5.74, 6) is 0.836. The zero-order chi connectivity index (χ0) is 19.0. The first-order valence-corrected chi connectivity index (χ1v) is 9.08. The minimum absolute atomic E-state index is 0.0649. The molecule has 0 radical (unpaired) electrons. The van der Waals surface area contributed by atoms with Gasteiger partial charge in [-0.1, -0.05) is 63.2 Å². The molecule has 1 amide bonds. The Hall–Kier alpha value is -2.55. The standard InChI is InChI=1S/C23H29NO2/c1-23(2,3)20-14-11-18(12-15-20)13-16-22(25)24-17-7-9-19-8-5-6-10-21(19)26-4/h5-6,8,10-16H,7,9,17H2,1-4H3,(H,24,25)/b16-13+. The van der Waals surface area contributed by atoms with Gasteiger partial charge >= 0.3 is 0 Å². The van der Waals surface area contributed by atoms with Gasteiger partial charge in [-0.15, -0.1) is 0 Å². The van der Waals surface area contributed by atoms with Crippen LogP contribution in [0.2, 0.25) is 0 Å². The molecule has 0 aromatic heterocycles. The quantitative estimate of drug-likeness (QED) is 0.577. The number of nitrogens with one attached hydrogen (secondary N) is 1. The molecule has 0 aliphatic carbocycles. The maximum atomic E-state index is 12.0. The smallest absolute Gasteiger partial charge is 0.243 e. The second-order valence-corrected chi connectivity index (χ2v) is 7.41. The molecule has 26 heavy (non-hydrogen) atoms. The average Bonchev–Trinajstić information content (AvgIpc) is 2.63. The molecule has 0 spiro atoms. The van der Waals surface area contributed by atoms with E-state index >= 15 is 0 Å². The second-order valence-electron chi connectivity index (χ2n) is 7.41. The van der Waals surface area contributed by atoms with Crippen LogP contribution in [0.5, 0.6) is 5.75 Å². The highest BCUT2D eigenvalue weighted by atomic mass is 16.5. The Labute approximate surface area is 157 Å². The second kappa shape index (κ2) is 9.23. The molecule has 0 unspecified atom stereocenters. The number of methoxy groups -OCH3 is 1. The summed E-state index contributed by atoms with van der Waals surface area (Å²) in [4.78, 5) is 12.0. The van der Waals surface area contributed by atoms with Crippen molar-refractivity contribution in [2.24, 2.45) is 0 Å². The molecule has 0 aliphatic rings. The zero-order valence-corrected chi connectivity index (χ0v) is 16.2. The van der Waals surface area contributed by atoms with Crippen LogP contribution in [0, 0.1) is 0 Å². The highest BCUT2D eigenvalue weighted by molar-refractivity contribution is 5.91. The van der Waals surface area contributed by atoms with Crippen LogP contribution in [0.15, 0.2) is 54.6 Å². The summed E-state index contributed by atoms with van der Waals surface area (Å²) < 4.78 is 5.34. The molecule has 138 valence electrons. The first kappa shape index (κ1) is 19.8. The van der Waals surface area contributed by atoms with Crippen LogP contribution in [0.1, 0.15) is 43.9 Å². The van der Waals surface area contributed by atoms with Crippen LogP contribution < -0.4 is 10.1 Å². The third kappa shape index (κ3) is 6.07. The molecule has 0 heterocycles. The monoisotopic (exact) mass is 351 g/mol. The molecule has 3 nitrogen and oxygen atoms in total. The fourth-order valence-corrected chi connectivity index (χ4v) is 2.72. The van der Waals surface area contributed by atoms with E-state index in [0.29, 0.717) is 6.54 Å². The van der Waals surface area contributed by atoms with Crippen LogP contribution in [0.4, 0.5) is 0 Å². The molecule has 2 aromatic rings. The molecular formula is C23H29NO2. The molecular weight excluding hydrogens is 322 g/mol. The van der Waals surface area contributed by atoms with Gasteiger partial charge in [0.2, 0.25) is 5.91 Å². The van der Waals surface area contributed by atoms with Gasteiger partial charge in [-0.2, -0.15) is 0 Å². The SMILES string of the molecule is COc1ccccc1CCCNC(=O)/C=C/c1ccc(C(C)(C)C)cc1. The van der Waals surface area contributed by atoms with E-state index in [2.05, 4.69) is 44.3 Å². The molecule has 0 saturated carbocycles. The molecule has 1 N–H and O–H groups in total. The Kier molecular flexibility index (Phi) is 7.02. The minimum Gasteiger partial charge on any atom is -0.496 e. The highest BCUT2D eigenvalue weighted by Gasteiger charge is 2.12. The number of amides is 1. The first-order valence-electron chi connectivity index (χ1n) is 9.08. The van der Waals surface area contributed by atoms with Crippen molar-refractivity contribution in [2.45, 2.75) is 39.0 Å². The van der Waals surface area contributed by atoms with E-state index in [1.165, 1.54) is 11.1 Å². The third-order valence-electron chi connectivity index (χ3n) is 4.32. The maximum absolute atomic E-state index is 12.0. The van der Waals surface area contributed by atoms with Crippen molar-refractivity contribution in [2.75, 3.05) is 13.7 Å². The van der Waals surface area contributed by atoms with Crippen molar-refractivity contribution in [3.8, 4) is 5.75 Å². The topological polar surface area (TPSA) is 38.3 Å². The molecule has 0 bridgehead atoms. The van der Waals surface area contributed by atoms with Crippen molar-refractivity contribution in [1.82, 2.24) is 5.32 Å². The fourth-order valence-electron chi connectivity index (χ4n) is 2.72. The van der Waals surface area contributed by atoms with Crippen LogP contribution in [0.3, 0.4) is 0 Å². The Morgan fingerprint density at radius 1 is 1.08 bits per heavy atom. The van der Waals surface area contributed by atoms with E-state index in [0.717, 1.165) is 24.2 Å². The van der Waals surface area contributed by atoms with E-state index in [4.69, 9.17) is 4.74 Å². The van der Waals surface area contributed by atoms with Gasteiger partial charge in [0.25, 0.3) is 0 Å². The van der Waals surface area contributed by atoms with Gasteiger partial charge in [-0.25, -0.2) is 0 Å². The van der Waals surface area contributed by atoms with Gasteiger partial charge in [0.1, 0.15) is 5.75 Å². The number of ether oxygens (including phenoxy) is 1.